The predicted molar refractivity (Wildman–Crippen MR) is 125 cm³/mol. The Hall–Kier alpha value is -2.87. The monoisotopic (exact) mass is 511 g/mol. The molecule has 0 aliphatic carbocycles. The quantitative estimate of drug-likeness (QED) is 0.407. The van der Waals surface area contributed by atoms with Crippen molar-refractivity contribution in [1.82, 2.24) is 29.7 Å². The van der Waals surface area contributed by atoms with Crippen molar-refractivity contribution in [3.8, 4) is 17.4 Å². The standard InChI is InChI=1S/C20H26ClN7O5S/c1-12(11-31-3)28-19(15-7-6-8-16(24-15)32-4)25-26-20(28)27-34(29,30)13(2)17(33-5)18-22-9-14(21)10-23-18/h6-10,12-13,17H,11H2,1-5H3,(H,26,27)/t12-,13-,17-/m0/s1. The van der Waals surface area contributed by atoms with Crippen LogP contribution in [0.2, 0.25) is 5.02 Å². The summed E-state index contributed by atoms with van der Waals surface area (Å²) in [6.07, 6.45) is 1.79. The molecule has 0 fully saturated rings. The molecule has 3 aromatic rings. The Morgan fingerprint density at radius 1 is 1.12 bits per heavy atom. The fraction of sp³-hybridized carbons (Fsp3) is 0.450. The first-order chi connectivity index (χ1) is 16.2. The molecule has 0 amide bonds. The fourth-order valence-corrected chi connectivity index (χ4v) is 4.52. The summed E-state index contributed by atoms with van der Waals surface area (Å²) < 4.78 is 46.6. The average molecular weight is 512 g/mol. The van der Waals surface area contributed by atoms with Gasteiger partial charge in [0, 0.05) is 32.7 Å². The molecule has 34 heavy (non-hydrogen) atoms. The second kappa shape index (κ2) is 11.0. The number of aromatic nitrogens is 6. The van der Waals surface area contributed by atoms with Crippen LogP contribution < -0.4 is 9.46 Å². The number of hydrogen-bond donors (Lipinski definition) is 1. The van der Waals surface area contributed by atoms with Crippen molar-refractivity contribution in [2.24, 2.45) is 0 Å². The Labute approximate surface area is 202 Å². The normalized spacial score (nSPS) is 14.4. The van der Waals surface area contributed by atoms with E-state index in [1.54, 1.807) is 29.9 Å². The van der Waals surface area contributed by atoms with Crippen LogP contribution in [0.15, 0.2) is 30.6 Å². The molecule has 0 spiro atoms. The summed E-state index contributed by atoms with van der Waals surface area (Å²) in [4.78, 5) is 12.6. The number of nitrogens with zero attached hydrogens (tertiary/aromatic N) is 6. The molecule has 0 saturated heterocycles. The maximum Gasteiger partial charge on any atom is 0.240 e. The van der Waals surface area contributed by atoms with E-state index in [1.165, 1.54) is 33.5 Å². The van der Waals surface area contributed by atoms with Crippen molar-refractivity contribution in [3.63, 3.8) is 0 Å². The number of ether oxygens (including phenoxy) is 3. The van der Waals surface area contributed by atoms with Gasteiger partial charge in [0.25, 0.3) is 0 Å². The number of hydrogen-bond acceptors (Lipinski definition) is 10. The minimum absolute atomic E-state index is 0.00268. The summed E-state index contributed by atoms with van der Waals surface area (Å²) in [6, 6.07) is 4.84. The van der Waals surface area contributed by atoms with Gasteiger partial charge in [-0.25, -0.2) is 23.4 Å². The van der Waals surface area contributed by atoms with Gasteiger partial charge in [0.2, 0.25) is 21.9 Å². The molecule has 0 radical (unpaired) electrons. The third-order valence-corrected chi connectivity index (χ3v) is 6.89. The molecule has 3 atom stereocenters. The zero-order chi connectivity index (χ0) is 24.9. The van der Waals surface area contributed by atoms with E-state index in [-0.39, 0.29) is 24.4 Å². The van der Waals surface area contributed by atoms with Gasteiger partial charge in [-0.2, -0.15) is 0 Å². The Morgan fingerprint density at radius 2 is 1.82 bits per heavy atom. The van der Waals surface area contributed by atoms with Crippen LogP contribution in [-0.2, 0) is 19.5 Å². The van der Waals surface area contributed by atoms with E-state index >= 15 is 0 Å². The molecule has 14 heteroatoms. The summed E-state index contributed by atoms with van der Waals surface area (Å²) in [6.45, 7) is 3.61. The Morgan fingerprint density at radius 3 is 2.44 bits per heavy atom. The highest BCUT2D eigenvalue weighted by Gasteiger charge is 2.34. The van der Waals surface area contributed by atoms with Crippen LogP contribution in [0.1, 0.15) is 31.8 Å². The number of nitrogens with one attached hydrogen (secondary N) is 1. The molecule has 0 aromatic carbocycles. The van der Waals surface area contributed by atoms with Crippen molar-refractivity contribution in [2.45, 2.75) is 31.2 Å². The summed E-state index contributed by atoms with van der Waals surface area (Å²) in [5.41, 5.74) is 0.456. The van der Waals surface area contributed by atoms with Crippen LogP contribution in [-0.4, -0.2) is 71.3 Å². The van der Waals surface area contributed by atoms with Crippen molar-refractivity contribution >= 4 is 27.6 Å². The zero-order valence-corrected chi connectivity index (χ0v) is 20.9. The molecular weight excluding hydrogens is 486 g/mol. The van der Waals surface area contributed by atoms with Crippen LogP contribution in [0.3, 0.4) is 0 Å². The topological polar surface area (TPSA) is 143 Å². The lowest BCUT2D eigenvalue weighted by Crippen LogP contribution is -2.34. The second-order valence-corrected chi connectivity index (χ2v) is 9.83. The van der Waals surface area contributed by atoms with Crippen LogP contribution in [0, 0.1) is 0 Å². The van der Waals surface area contributed by atoms with E-state index in [4.69, 9.17) is 25.8 Å². The van der Waals surface area contributed by atoms with Crippen LogP contribution in [0.5, 0.6) is 5.88 Å². The minimum atomic E-state index is -4.03. The lowest BCUT2D eigenvalue weighted by molar-refractivity contribution is 0.0950. The molecule has 0 aliphatic rings. The minimum Gasteiger partial charge on any atom is -0.481 e. The molecule has 184 valence electrons. The summed E-state index contributed by atoms with van der Waals surface area (Å²) in [5, 5.41) is 7.51. The van der Waals surface area contributed by atoms with Gasteiger partial charge in [0.05, 0.1) is 24.8 Å². The van der Waals surface area contributed by atoms with Crippen LogP contribution >= 0.6 is 11.6 Å². The molecule has 3 heterocycles. The Bertz CT molecular complexity index is 1210. The van der Waals surface area contributed by atoms with Gasteiger partial charge in [0.1, 0.15) is 17.0 Å². The van der Waals surface area contributed by atoms with Gasteiger partial charge >= 0.3 is 0 Å². The van der Waals surface area contributed by atoms with Gasteiger partial charge in [0.15, 0.2) is 11.6 Å². The number of anilines is 1. The zero-order valence-electron chi connectivity index (χ0n) is 19.3. The number of pyridine rings is 1. The van der Waals surface area contributed by atoms with Crippen molar-refractivity contribution in [1.29, 1.82) is 0 Å². The van der Waals surface area contributed by atoms with E-state index in [0.717, 1.165) is 0 Å². The molecule has 3 rings (SSSR count). The highest BCUT2D eigenvalue weighted by atomic mass is 35.5. The Balaban J connectivity index is 1.98. The molecular formula is C20H26ClN7O5S. The van der Waals surface area contributed by atoms with E-state index in [0.29, 0.717) is 22.4 Å². The molecule has 12 nitrogen and oxygen atoms in total. The fourth-order valence-electron chi connectivity index (χ4n) is 3.28. The van der Waals surface area contributed by atoms with Gasteiger partial charge in [-0.3, -0.25) is 9.29 Å². The third kappa shape index (κ3) is 5.60. The van der Waals surface area contributed by atoms with Gasteiger partial charge in [-0.15, -0.1) is 10.2 Å². The smallest absolute Gasteiger partial charge is 0.240 e. The largest absolute Gasteiger partial charge is 0.481 e. The van der Waals surface area contributed by atoms with Crippen molar-refractivity contribution in [2.75, 3.05) is 32.7 Å². The van der Waals surface area contributed by atoms with E-state index in [9.17, 15) is 8.42 Å². The van der Waals surface area contributed by atoms with Crippen molar-refractivity contribution < 1.29 is 22.6 Å². The van der Waals surface area contributed by atoms with E-state index < -0.39 is 21.4 Å². The number of methoxy groups -OCH3 is 3. The lowest BCUT2D eigenvalue weighted by Gasteiger charge is -2.23. The number of rotatable bonds is 11. The molecule has 3 aromatic heterocycles. The third-order valence-electron chi connectivity index (χ3n) is 5.00. The summed E-state index contributed by atoms with van der Waals surface area (Å²) in [7, 11) is 0.396. The molecule has 0 aliphatic heterocycles. The highest BCUT2D eigenvalue weighted by Crippen LogP contribution is 2.28. The maximum atomic E-state index is 13.3. The van der Waals surface area contributed by atoms with E-state index in [1.807, 2.05) is 6.92 Å². The molecule has 0 saturated carbocycles. The average Bonchev–Trinajstić information content (AvgIpc) is 3.23. The number of sulfonamides is 1. The van der Waals surface area contributed by atoms with Gasteiger partial charge in [-0.05, 0) is 19.9 Å². The summed E-state index contributed by atoms with van der Waals surface area (Å²) >= 11 is 5.84. The Kier molecular flexibility index (Phi) is 8.36. The SMILES string of the molecule is COC[C@H](C)n1c(NS(=O)(=O)[C@@H](C)[C@H](OC)c2ncc(Cl)cn2)nnc1-c1cccc(OC)n1. The first-order valence-electron chi connectivity index (χ1n) is 10.2. The van der Waals surface area contributed by atoms with Crippen LogP contribution in [0.4, 0.5) is 5.95 Å². The maximum absolute atomic E-state index is 13.3. The molecule has 0 bridgehead atoms. The lowest BCUT2D eigenvalue weighted by atomic mass is 10.2. The number of halogens is 1. The first-order valence-corrected chi connectivity index (χ1v) is 12.1. The van der Waals surface area contributed by atoms with E-state index in [2.05, 4.69) is 29.9 Å². The first kappa shape index (κ1) is 25.7. The highest BCUT2D eigenvalue weighted by molar-refractivity contribution is 7.93. The molecule has 0 unspecified atom stereocenters. The molecule has 1 N–H and O–H groups in total. The van der Waals surface area contributed by atoms with Crippen molar-refractivity contribution in [3.05, 3.63) is 41.4 Å². The van der Waals surface area contributed by atoms with Gasteiger partial charge in [-0.1, -0.05) is 17.7 Å². The van der Waals surface area contributed by atoms with Gasteiger partial charge < -0.3 is 14.2 Å². The van der Waals surface area contributed by atoms with Crippen LogP contribution in [0.25, 0.3) is 11.5 Å². The predicted octanol–water partition coefficient (Wildman–Crippen LogP) is 2.52. The summed E-state index contributed by atoms with van der Waals surface area (Å²) in [5.74, 6) is 0.911. The second-order valence-electron chi connectivity index (χ2n) is 7.35.